The second-order valence-corrected chi connectivity index (χ2v) is 3.27. The molecule has 88 valence electrons. The zero-order valence-corrected chi connectivity index (χ0v) is 8.80. The van der Waals surface area contributed by atoms with Gasteiger partial charge in [0, 0.05) is 5.69 Å². The minimum absolute atomic E-state index is 0.0568. The number of anilines is 1. The van der Waals surface area contributed by atoms with E-state index in [1.54, 1.807) is 12.1 Å². The Morgan fingerprint density at radius 1 is 1.38 bits per heavy atom. The van der Waals surface area contributed by atoms with Gasteiger partial charge >= 0.3 is 0 Å². The summed E-state index contributed by atoms with van der Waals surface area (Å²) in [5.41, 5.74) is 0.693. The van der Waals surface area contributed by atoms with Crippen LogP contribution >= 0.6 is 0 Å². The molecule has 1 atom stereocenters. The molecule has 0 saturated heterocycles. The summed E-state index contributed by atoms with van der Waals surface area (Å²) in [6, 6.07) is 9.00. The van der Waals surface area contributed by atoms with Crippen LogP contribution in [0.3, 0.4) is 0 Å². The lowest BCUT2D eigenvalue weighted by molar-refractivity contribution is -0.121. The van der Waals surface area contributed by atoms with Gasteiger partial charge in [-0.05, 0) is 12.1 Å². The van der Waals surface area contributed by atoms with E-state index in [0.29, 0.717) is 5.69 Å². The maximum absolute atomic E-state index is 11.3. The highest BCUT2D eigenvalue weighted by molar-refractivity contribution is 5.91. The molecule has 0 bridgehead atoms. The normalized spacial score (nSPS) is 12.1. The van der Waals surface area contributed by atoms with Crippen LogP contribution < -0.4 is 5.32 Å². The molecule has 0 aliphatic rings. The van der Waals surface area contributed by atoms with Gasteiger partial charge in [-0.2, -0.15) is 0 Å². The second-order valence-electron chi connectivity index (χ2n) is 3.27. The molecule has 5 heteroatoms. The van der Waals surface area contributed by atoms with Crippen LogP contribution in [0, 0.1) is 0 Å². The lowest BCUT2D eigenvalue weighted by Gasteiger charge is -2.08. The minimum atomic E-state index is -0.940. The average molecular weight is 225 g/mol. The first-order valence-electron chi connectivity index (χ1n) is 4.94. The Bertz CT molecular complexity index is 315. The van der Waals surface area contributed by atoms with Gasteiger partial charge in [0.25, 0.3) is 0 Å². The third-order valence-electron chi connectivity index (χ3n) is 1.81. The molecule has 5 nitrogen and oxygen atoms in total. The van der Waals surface area contributed by atoms with E-state index >= 15 is 0 Å². The fourth-order valence-electron chi connectivity index (χ4n) is 1.06. The topological polar surface area (TPSA) is 78.8 Å². The highest BCUT2D eigenvalue weighted by atomic mass is 16.5. The lowest BCUT2D eigenvalue weighted by Crippen LogP contribution is -2.24. The quantitative estimate of drug-likeness (QED) is 0.636. The van der Waals surface area contributed by atoms with Crippen LogP contribution in [0.4, 0.5) is 5.69 Å². The molecule has 1 aromatic rings. The van der Waals surface area contributed by atoms with E-state index in [-0.39, 0.29) is 25.7 Å². The summed E-state index contributed by atoms with van der Waals surface area (Å²) in [6.07, 6.45) is -0.940. The summed E-state index contributed by atoms with van der Waals surface area (Å²) >= 11 is 0. The van der Waals surface area contributed by atoms with Crippen molar-refractivity contribution in [3.05, 3.63) is 30.3 Å². The second kappa shape index (κ2) is 6.95. The third kappa shape index (κ3) is 4.88. The van der Waals surface area contributed by atoms with Crippen molar-refractivity contribution in [2.45, 2.75) is 6.10 Å². The SMILES string of the molecule is O=C(COCC(O)CO)Nc1ccccc1. The zero-order valence-electron chi connectivity index (χ0n) is 8.80. The van der Waals surface area contributed by atoms with Crippen molar-refractivity contribution in [1.82, 2.24) is 0 Å². The van der Waals surface area contributed by atoms with Gasteiger partial charge in [-0.25, -0.2) is 0 Å². The van der Waals surface area contributed by atoms with Crippen molar-refractivity contribution in [2.24, 2.45) is 0 Å². The van der Waals surface area contributed by atoms with E-state index in [1.165, 1.54) is 0 Å². The maximum atomic E-state index is 11.3. The van der Waals surface area contributed by atoms with Crippen molar-refractivity contribution in [3.63, 3.8) is 0 Å². The van der Waals surface area contributed by atoms with Crippen molar-refractivity contribution in [1.29, 1.82) is 0 Å². The van der Waals surface area contributed by atoms with Crippen molar-refractivity contribution >= 4 is 11.6 Å². The molecular formula is C11H15NO4. The van der Waals surface area contributed by atoms with Crippen LogP contribution in [0.2, 0.25) is 0 Å². The van der Waals surface area contributed by atoms with Crippen LogP contribution in [0.15, 0.2) is 30.3 Å². The number of aliphatic hydroxyl groups excluding tert-OH is 2. The van der Waals surface area contributed by atoms with E-state index < -0.39 is 6.10 Å². The fraction of sp³-hybridized carbons (Fsp3) is 0.364. The van der Waals surface area contributed by atoms with Crippen molar-refractivity contribution in [2.75, 3.05) is 25.1 Å². The summed E-state index contributed by atoms with van der Waals surface area (Å²) in [6.45, 7) is -0.578. The van der Waals surface area contributed by atoms with Crippen molar-refractivity contribution < 1.29 is 19.7 Å². The first-order valence-corrected chi connectivity index (χ1v) is 4.94. The van der Waals surface area contributed by atoms with Crippen LogP contribution in [0.5, 0.6) is 0 Å². The van der Waals surface area contributed by atoms with E-state index in [0.717, 1.165) is 0 Å². The van der Waals surface area contributed by atoms with Crippen LogP contribution in [-0.4, -0.2) is 42.0 Å². The van der Waals surface area contributed by atoms with Gasteiger partial charge in [-0.3, -0.25) is 4.79 Å². The number of amides is 1. The molecule has 0 aliphatic heterocycles. The number of nitrogens with one attached hydrogen (secondary N) is 1. The Balaban J connectivity index is 2.21. The Hall–Kier alpha value is -1.43. The molecule has 1 amide bonds. The molecule has 0 heterocycles. The molecule has 1 unspecified atom stereocenters. The minimum Gasteiger partial charge on any atom is -0.394 e. The molecule has 0 radical (unpaired) electrons. The third-order valence-corrected chi connectivity index (χ3v) is 1.81. The zero-order chi connectivity index (χ0) is 11.8. The van der Waals surface area contributed by atoms with Gasteiger partial charge in [0.05, 0.1) is 13.2 Å². The summed E-state index contributed by atoms with van der Waals surface area (Å²) in [5, 5.41) is 20.1. The molecule has 3 N–H and O–H groups in total. The molecule has 0 saturated carbocycles. The number of ether oxygens (including phenoxy) is 1. The lowest BCUT2D eigenvalue weighted by atomic mass is 10.3. The Labute approximate surface area is 93.7 Å². The van der Waals surface area contributed by atoms with Gasteiger partial charge in [0.2, 0.25) is 5.91 Å². The standard InChI is InChI=1S/C11H15NO4/c13-6-10(14)7-16-8-11(15)12-9-4-2-1-3-5-9/h1-5,10,13-14H,6-8H2,(H,12,15). The van der Waals surface area contributed by atoms with Crippen molar-refractivity contribution in [3.8, 4) is 0 Å². The Morgan fingerprint density at radius 3 is 2.69 bits per heavy atom. The molecule has 1 aromatic carbocycles. The molecular weight excluding hydrogens is 210 g/mol. The summed E-state index contributed by atoms with van der Waals surface area (Å²) < 4.78 is 4.90. The molecule has 0 aliphatic carbocycles. The maximum Gasteiger partial charge on any atom is 0.250 e. The first-order chi connectivity index (χ1) is 7.72. The first kappa shape index (κ1) is 12.6. The summed E-state index contributed by atoms with van der Waals surface area (Å²) in [5.74, 6) is -0.295. The van der Waals surface area contributed by atoms with E-state index in [4.69, 9.17) is 14.9 Å². The highest BCUT2D eigenvalue weighted by Crippen LogP contribution is 2.04. The molecule has 0 fully saturated rings. The van der Waals surface area contributed by atoms with Gasteiger partial charge in [0.1, 0.15) is 12.7 Å². The predicted octanol–water partition coefficient (Wildman–Crippen LogP) is -0.00510. The van der Waals surface area contributed by atoms with Gasteiger partial charge < -0.3 is 20.3 Å². The molecule has 16 heavy (non-hydrogen) atoms. The van der Waals surface area contributed by atoms with Gasteiger partial charge in [-0.1, -0.05) is 18.2 Å². The smallest absolute Gasteiger partial charge is 0.250 e. The molecule has 0 spiro atoms. The number of carbonyl (C=O) groups excluding carboxylic acids is 1. The fourth-order valence-corrected chi connectivity index (χ4v) is 1.06. The molecule has 1 rings (SSSR count). The van der Waals surface area contributed by atoms with Crippen LogP contribution in [0.25, 0.3) is 0 Å². The van der Waals surface area contributed by atoms with E-state index in [1.807, 2.05) is 18.2 Å². The highest BCUT2D eigenvalue weighted by Gasteiger charge is 2.05. The monoisotopic (exact) mass is 225 g/mol. The Morgan fingerprint density at radius 2 is 2.06 bits per heavy atom. The number of para-hydroxylation sites is 1. The van der Waals surface area contributed by atoms with Gasteiger partial charge in [-0.15, -0.1) is 0 Å². The number of aliphatic hydroxyl groups is 2. The van der Waals surface area contributed by atoms with E-state index in [2.05, 4.69) is 5.32 Å². The van der Waals surface area contributed by atoms with Crippen LogP contribution in [0.1, 0.15) is 0 Å². The summed E-state index contributed by atoms with van der Waals surface area (Å²) in [4.78, 5) is 11.3. The number of hydrogen-bond donors (Lipinski definition) is 3. The number of rotatable bonds is 6. The Kier molecular flexibility index (Phi) is 5.49. The largest absolute Gasteiger partial charge is 0.394 e. The number of benzene rings is 1. The van der Waals surface area contributed by atoms with Crippen LogP contribution in [-0.2, 0) is 9.53 Å². The van der Waals surface area contributed by atoms with Gasteiger partial charge in [0.15, 0.2) is 0 Å². The summed E-state index contributed by atoms with van der Waals surface area (Å²) in [7, 11) is 0. The predicted molar refractivity (Wildman–Crippen MR) is 59.0 cm³/mol. The number of carbonyl (C=O) groups is 1. The average Bonchev–Trinajstić information content (AvgIpc) is 2.30. The number of hydrogen-bond acceptors (Lipinski definition) is 4. The van der Waals surface area contributed by atoms with E-state index in [9.17, 15) is 4.79 Å². The molecule has 0 aromatic heterocycles.